The van der Waals surface area contributed by atoms with Crippen LogP contribution in [0.1, 0.15) is 25.7 Å². The van der Waals surface area contributed by atoms with Crippen molar-refractivity contribution in [1.82, 2.24) is 4.90 Å². The summed E-state index contributed by atoms with van der Waals surface area (Å²) in [6.45, 7) is 0. The highest BCUT2D eigenvalue weighted by Gasteiger charge is 2.15. The molecule has 2 atom stereocenters. The fourth-order valence-electron chi connectivity index (χ4n) is 1.51. The maximum absolute atomic E-state index is 11.3. The van der Waals surface area contributed by atoms with Crippen LogP contribution in [0.5, 0.6) is 0 Å². The van der Waals surface area contributed by atoms with Crippen molar-refractivity contribution in [1.29, 1.82) is 0 Å². The summed E-state index contributed by atoms with van der Waals surface area (Å²) in [6, 6.07) is 0.232. The molecule has 15 heavy (non-hydrogen) atoms. The van der Waals surface area contributed by atoms with Crippen LogP contribution >= 0.6 is 0 Å². The Morgan fingerprint density at radius 3 is 2.80 bits per heavy atom. The second kappa shape index (κ2) is 5.75. The minimum Gasteiger partial charge on any atom is -0.442 e. The molecule has 0 radical (unpaired) electrons. The maximum atomic E-state index is 11.3. The summed E-state index contributed by atoms with van der Waals surface area (Å²) >= 11 is 0. The Kier molecular flexibility index (Phi) is 4.62. The summed E-state index contributed by atoms with van der Waals surface area (Å²) in [7, 11) is 3.36. The minimum absolute atomic E-state index is 0.119. The summed E-state index contributed by atoms with van der Waals surface area (Å²) < 4.78 is 5.28. The third-order valence-electron chi connectivity index (χ3n) is 2.49. The first-order chi connectivity index (χ1) is 7.09. The van der Waals surface area contributed by atoms with Crippen LogP contribution in [-0.2, 0) is 4.74 Å². The number of hydrogen-bond donors (Lipinski definition) is 1. The Labute approximate surface area is 91.1 Å². The third kappa shape index (κ3) is 4.34. The van der Waals surface area contributed by atoms with Gasteiger partial charge in [0, 0.05) is 20.1 Å². The monoisotopic (exact) mass is 212 g/mol. The molecule has 86 valence electrons. The van der Waals surface area contributed by atoms with E-state index in [4.69, 9.17) is 10.5 Å². The molecule has 2 N–H and O–H groups in total. The number of amides is 1. The number of carbonyl (C=O) groups is 1. The zero-order chi connectivity index (χ0) is 11.3. The van der Waals surface area contributed by atoms with E-state index in [1.54, 1.807) is 14.1 Å². The molecule has 4 heteroatoms. The van der Waals surface area contributed by atoms with Gasteiger partial charge in [-0.05, 0) is 31.8 Å². The number of nitrogens with two attached hydrogens (primary N) is 1. The van der Waals surface area contributed by atoms with E-state index in [9.17, 15) is 4.79 Å². The molecule has 0 spiro atoms. The summed E-state index contributed by atoms with van der Waals surface area (Å²) in [6.07, 6.45) is 7.32. The standard InChI is InChI=1S/C11H20N2O2/c1-13(2)11(14)15-10-6-4-3-5-9(12)7-8-10/h4,6,9-10H,3,5,7-8,12H2,1-2H3/b6-4+. The quantitative estimate of drug-likeness (QED) is 0.670. The van der Waals surface area contributed by atoms with Crippen LogP contribution in [0.2, 0.25) is 0 Å². The zero-order valence-corrected chi connectivity index (χ0v) is 9.48. The van der Waals surface area contributed by atoms with Gasteiger partial charge in [-0.15, -0.1) is 0 Å². The largest absolute Gasteiger partial charge is 0.442 e. The van der Waals surface area contributed by atoms with Crippen molar-refractivity contribution < 1.29 is 9.53 Å². The molecular formula is C11H20N2O2. The molecule has 4 nitrogen and oxygen atoms in total. The van der Waals surface area contributed by atoms with E-state index in [0.717, 1.165) is 25.7 Å². The lowest BCUT2D eigenvalue weighted by atomic mass is 10.0. The van der Waals surface area contributed by atoms with Crippen LogP contribution in [0.4, 0.5) is 4.79 Å². The predicted octanol–water partition coefficient (Wildman–Crippen LogP) is 1.51. The Morgan fingerprint density at radius 1 is 1.40 bits per heavy atom. The number of allylic oxidation sites excluding steroid dienone is 1. The number of nitrogens with zero attached hydrogens (tertiary/aromatic N) is 1. The normalized spacial score (nSPS) is 28.7. The van der Waals surface area contributed by atoms with E-state index in [2.05, 4.69) is 0 Å². The first-order valence-corrected chi connectivity index (χ1v) is 5.39. The van der Waals surface area contributed by atoms with E-state index < -0.39 is 0 Å². The lowest BCUT2D eigenvalue weighted by Crippen LogP contribution is -2.29. The van der Waals surface area contributed by atoms with Crippen molar-refractivity contribution in [2.75, 3.05) is 14.1 Å². The highest BCUT2D eigenvalue weighted by molar-refractivity contribution is 5.67. The predicted molar refractivity (Wildman–Crippen MR) is 59.5 cm³/mol. The van der Waals surface area contributed by atoms with Gasteiger partial charge in [0.25, 0.3) is 0 Å². The zero-order valence-electron chi connectivity index (χ0n) is 9.48. The SMILES string of the molecule is CN(C)C(=O)OC1/C=C/CCC(N)CC1. The van der Waals surface area contributed by atoms with E-state index in [-0.39, 0.29) is 18.2 Å². The Bertz CT molecular complexity index is 239. The first kappa shape index (κ1) is 12.0. The van der Waals surface area contributed by atoms with Gasteiger partial charge in [-0.1, -0.05) is 6.08 Å². The van der Waals surface area contributed by atoms with Gasteiger partial charge in [0.15, 0.2) is 0 Å². The number of carbonyl (C=O) groups excluding carboxylic acids is 1. The molecule has 0 aromatic heterocycles. The van der Waals surface area contributed by atoms with E-state index >= 15 is 0 Å². The molecule has 1 aliphatic rings. The van der Waals surface area contributed by atoms with Gasteiger partial charge >= 0.3 is 6.09 Å². The van der Waals surface area contributed by atoms with E-state index in [1.807, 2.05) is 12.2 Å². The molecule has 1 rings (SSSR count). The first-order valence-electron chi connectivity index (χ1n) is 5.39. The van der Waals surface area contributed by atoms with Crippen LogP contribution in [-0.4, -0.2) is 37.2 Å². The smallest absolute Gasteiger partial charge is 0.409 e. The summed E-state index contributed by atoms with van der Waals surface area (Å²) in [5, 5.41) is 0. The number of rotatable bonds is 1. The van der Waals surface area contributed by atoms with Crippen LogP contribution in [0.25, 0.3) is 0 Å². The second-order valence-corrected chi connectivity index (χ2v) is 4.16. The number of hydrogen-bond acceptors (Lipinski definition) is 3. The minimum atomic E-state index is -0.293. The summed E-state index contributed by atoms with van der Waals surface area (Å²) in [5.74, 6) is 0. The molecule has 0 saturated heterocycles. The topological polar surface area (TPSA) is 55.6 Å². The Morgan fingerprint density at radius 2 is 2.13 bits per heavy atom. The molecule has 2 unspecified atom stereocenters. The molecule has 0 aliphatic heterocycles. The molecule has 0 saturated carbocycles. The van der Waals surface area contributed by atoms with Crippen LogP contribution in [0.3, 0.4) is 0 Å². The Hall–Kier alpha value is -1.03. The van der Waals surface area contributed by atoms with Crippen molar-refractivity contribution in [3.05, 3.63) is 12.2 Å². The lowest BCUT2D eigenvalue weighted by Gasteiger charge is -2.21. The molecule has 0 heterocycles. The maximum Gasteiger partial charge on any atom is 0.409 e. The van der Waals surface area contributed by atoms with Crippen molar-refractivity contribution in [3.63, 3.8) is 0 Å². The van der Waals surface area contributed by atoms with Crippen molar-refractivity contribution in [2.45, 2.75) is 37.8 Å². The fourth-order valence-corrected chi connectivity index (χ4v) is 1.51. The molecular weight excluding hydrogens is 192 g/mol. The highest BCUT2D eigenvalue weighted by atomic mass is 16.6. The summed E-state index contributed by atoms with van der Waals surface area (Å²) in [5.41, 5.74) is 5.87. The molecule has 1 aliphatic carbocycles. The highest BCUT2D eigenvalue weighted by Crippen LogP contribution is 2.14. The number of ether oxygens (including phenoxy) is 1. The van der Waals surface area contributed by atoms with Gasteiger partial charge in [-0.25, -0.2) is 4.79 Å². The van der Waals surface area contributed by atoms with Gasteiger partial charge in [-0.3, -0.25) is 0 Å². The molecule has 0 bridgehead atoms. The fraction of sp³-hybridized carbons (Fsp3) is 0.727. The van der Waals surface area contributed by atoms with Crippen LogP contribution in [0.15, 0.2) is 12.2 Å². The van der Waals surface area contributed by atoms with Crippen LogP contribution in [0, 0.1) is 0 Å². The van der Waals surface area contributed by atoms with Crippen molar-refractivity contribution >= 4 is 6.09 Å². The van der Waals surface area contributed by atoms with Gasteiger partial charge < -0.3 is 15.4 Å². The molecule has 0 aromatic rings. The van der Waals surface area contributed by atoms with E-state index in [1.165, 1.54) is 4.90 Å². The average Bonchev–Trinajstić information content (AvgIpc) is 2.16. The second-order valence-electron chi connectivity index (χ2n) is 4.16. The van der Waals surface area contributed by atoms with Crippen molar-refractivity contribution in [2.24, 2.45) is 5.73 Å². The summed E-state index contributed by atoms with van der Waals surface area (Å²) in [4.78, 5) is 12.8. The van der Waals surface area contributed by atoms with Gasteiger partial charge in [-0.2, -0.15) is 0 Å². The third-order valence-corrected chi connectivity index (χ3v) is 2.49. The van der Waals surface area contributed by atoms with Crippen LogP contribution < -0.4 is 5.73 Å². The Balaban J connectivity index is 2.45. The average molecular weight is 212 g/mol. The van der Waals surface area contributed by atoms with E-state index in [0.29, 0.717) is 0 Å². The van der Waals surface area contributed by atoms with Gasteiger partial charge in [0.2, 0.25) is 0 Å². The van der Waals surface area contributed by atoms with Crippen molar-refractivity contribution in [3.8, 4) is 0 Å². The molecule has 0 fully saturated rings. The lowest BCUT2D eigenvalue weighted by molar-refractivity contribution is 0.0880. The van der Waals surface area contributed by atoms with Gasteiger partial charge in [0.1, 0.15) is 6.10 Å². The molecule has 0 aromatic carbocycles. The molecule has 1 amide bonds. The van der Waals surface area contributed by atoms with Gasteiger partial charge in [0.05, 0.1) is 0 Å².